The van der Waals surface area contributed by atoms with Gasteiger partial charge in [-0.05, 0) is 175 Å². The molecule has 6 nitrogen and oxygen atoms in total. The minimum atomic E-state index is 0.703. The highest BCUT2D eigenvalue weighted by Gasteiger charge is 2.21. The van der Waals surface area contributed by atoms with Gasteiger partial charge >= 0.3 is 0 Å². The minimum absolute atomic E-state index is 0.703. The largest absolute Gasteiger partial charge is 0.228 e. The first-order chi connectivity index (χ1) is 70.3. The van der Waals surface area contributed by atoms with E-state index in [4.69, 9.17) is 29.9 Å². The summed E-state index contributed by atoms with van der Waals surface area (Å²) < 4.78 is 10.5. The molecule has 0 unspecified atom stereocenters. The van der Waals surface area contributed by atoms with Crippen LogP contribution in [0.4, 0.5) is 0 Å². The zero-order valence-corrected chi connectivity index (χ0v) is 80.1. The molecule has 0 radical (unpaired) electrons. The van der Waals surface area contributed by atoms with Crippen LogP contribution in [0.1, 0.15) is 0 Å². The second kappa shape index (κ2) is 38.1. The van der Waals surface area contributed by atoms with E-state index in [9.17, 15) is 0 Å². The Morgan fingerprint density at radius 3 is 0.641 bits per heavy atom. The van der Waals surface area contributed by atoms with Crippen LogP contribution in [0, 0.1) is 0 Å². The van der Waals surface area contributed by atoms with Crippen molar-refractivity contribution in [3.05, 3.63) is 510 Å². The third-order valence-electron chi connectivity index (χ3n) is 26.6. The van der Waals surface area contributed by atoms with Gasteiger partial charge in [-0.25, -0.2) is 29.9 Å². The van der Waals surface area contributed by atoms with Crippen LogP contribution in [-0.4, -0.2) is 29.9 Å². The molecule has 0 N–H and O–H groups in total. The molecular formula is C132H84N6S4. The highest BCUT2D eigenvalue weighted by molar-refractivity contribution is 7.27. The Balaban J connectivity index is 0.000000113. The average Bonchev–Trinajstić information content (AvgIpc) is 1.60. The van der Waals surface area contributed by atoms with Crippen molar-refractivity contribution in [2.24, 2.45) is 0 Å². The molecule has 0 fully saturated rings. The fourth-order valence-electron chi connectivity index (χ4n) is 19.2. The van der Waals surface area contributed by atoms with Crippen molar-refractivity contribution in [2.45, 2.75) is 0 Å². The van der Waals surface area contributed by atoms with Gasteiger partial charge in [0.1, 0.15) is 0 Å². The van der Waals surface area contributed by atoms with Gasteiger partial charge in [-0.2, -0.15) is 0 Å². The predicted octanol–water partition coefficient (Wildman–Crippen LogP) is 37.6. The molecule has 0 spiro atoms. The van der Waals surface area contributed by atoms with Gasteiger partial charge in [0.05, 0.1) is 34.2 Å². The summed E-state index contributed by atoms with van der Waals surface area (Å²) in [6.45, 7) is 0. The zero-order chi connectivity index (χ0) is 94.2. The number of hydrogen-bond donors (Lipinski definition) is 0. The lowest BCUT2D eigenvalue weighted by Crippen LogP contribution is -1.96. The van der Waals surface area contributed by atoms with E-state index in [2.05, 4.69) is 443 Å². The quantitative estimate of drug-likeness (QED) is 0.0959. The molecule has 0 bridgehead atoms. The molecule has 666 valence electrons. The molecule has 142 heavy (non-hydrogen) atoms. The summed E-state index contributed by atoms with van der Waals surface area (Å²) in [6.07, 6.45) is 0. The van der Waals surface area contributed by atoms with E-state index in [0.717, 1.165) is 107 Å². The van der Waals surface area contributed by atoms with E-state index in [0.29, 0.717) is 5.82 Å². The van der Waals surface area contributed by atoms with E-state index in [1.54, 1.807) is 0 Å². The normalized spacial score (nSPS) is 11.4. The number of nitrogens with zero attached hydrogens (tertiary/aromatic N) is 6. The van der Waals surface area contributed by atoms with Crippen LogP contribution in [0.2, 0.25) is 0 Å². The van der Waals surface area contributed by atoms with Crippen molar-refractivity contribution >= 4 is 126 Å². The Morgan fingerprint density at radius 1 is 0.113 bits per heavy atom. The number of rotatable bonds is 16. The summed E-state index contributed by atoms with van der Waals surface area (Å²) in [6, 6.07) is 181. The van der Waals surface area contributed by atoms with Crippen LogP contribution in [0.25, 0.3) is 260 Å². The predicted molar refractivity (Wildman–Crippen MR) is 605 cm³/mol. The highest BCUT2D eigenvalue weighted by Crippen LogP contribution is 2.46. The second-order valence-corrected chi connectivity index (χ2v) is 39.8. The van der Waals surface area contributed by atoms with Crippen molar-refractivity contribution in [3.8, 4) is 180 Å². The van der Waals surface area contributed by atoms with Gasteiger partial charge in [-0.1, -0.05) is 413 Å². The first-order valence-electron chi connectivity index (χ1n) is 47.6. The average molecular weight is 1880 g/mol. The Bertz CT molecular complexity index is 9190. The molecule has 0 aliphatic heterocycles. The molecule has 7 aromatic heterocycles. The van der Waals surface area contributed by atoms with Gasteiger partial charge in [0, 0.05) is 131 Å². The third kappa shape index (κ3) is 17.5. The summed E-state index contributed by atoms with van der Waals surface area (Å²) in [5.41, 5.74) is 31.4. The molecule has 27 aromatic rings. The maximum atomic E-state index is 5.29. The zero-order valence-electron chi connectivity index (χ0n) is 76.8. The van der Waals surface area contributed by atoms with E-state index < -0.39 is 0 Å². The van der Waals surface area contributed by atoms with Gasteiger partial charge in [0.25, 0.3) is 0 Å². The van der Waals surface area contributed by atoms with Gasteiger partial charge in [-0.3, -0.25) is 0 Å². The Hall–Kier alpha value is -17.5. The summed E-state index contributed by atoms with van der Waals surface area (Å²) in [5.74, 6) is 2.15. The molecule has 10 heteroatoms. The molecule has 27 rings (SSSR count). The van der Waals surface area contributed by atoms with Gasteiger partial charge in [0.15, 0.2) is 17.5 Å². The van der Waals surface area contributed by atoms with E-state index in [1.807, 2.05) is 112 Å². The van der Waals surface area contributed by atoms with Crippen LogP contribution >= 0.6 is 45.3 Å². The number of hydrogen-bond acceptors (Lipinski definition) is 10. The first kappa shape index (κ1) is 86.1. The van der Waals surface area contributed by atoms with E-state index in [-0.39, 0.29) is 0 Å². The van der Waals surface area contributed by atoms with Gasteiger partial charge in [-0.15, -0.1) is 45.3 Å². The molecule has 0 amide bonds. The Morgan fingerprint density at radius 2 is 0.324 bits per heavy atom. The summed E-state index contributed by atoms with van der Waals surface area (Å²) >= 11 is 7.41. The van der Waals surface area contributed by atoms with Crippen LogP contribution in [0.15, 0.2) is 510 Å². The third-order valence-corrected chi connectivity index (χ3v) is 31.2. The molecule has 0 atom stereocenters. The second-order valence-electron chi connectivity index (χ2n) is 35.5. The fourth-order valence-corrected chi connectivity index (χ4v) is 23.7. The van der Waals surface area contributed by atoms with E-state index >= 15 is 0 Å². The number of fused-ring (bicyclic) bond motifs is 12. The van der Waals surface area contributed by atoms with Crippen molar-refractivity contribution in [1.82, 2.24) is 29.9 Å². The highest BCUT2D eigenvalue weighted by atomic mass is 32.1. The summed E-state index contributed by atoms with van der Waals surface area (Å²) in [4.78, 5) is 30.5. The molecule has 7 heterocycles. The standard InChI is InChI=1S/C52H32N2S2.2C40H26N2S/c1-3-11-33(12-4-1)34-19-21-35(22-20-34)46-32-47(54-52(53-46)36-13-5-2-6-14-36)41-28-39(37-23-25-50-44(30-37)42-15-7-9-17-48(42)55-50)27-40(29-41)38-24-26-51-45(31-38)43-16-8-10-18-49(43)56-51;1-3-10-27(11-4-1)28-18-22-30(23-19-28)36-26-37(42-40(41-36)32-12-5-2-6-13-32)31-24-20-29(21-25-31)33-15-9-16-35-34-14-7-8-17-38(34)43-39(33)35;1-3-9-27(10-4-1)28-15-19-30(20-16-28)36-26-37(42-40(41-36)32-11-5-2-6-12-32)31-21-17-29(18-22-31)33-23-24-39-35(25-33)34-13-7-8-14-38(34)43-39/h1-32H;2*1-26H. The molecule has 20 aromatic carbocycles. The summed E-state index contributed by atoms with van der Waals surface area (Å²) in [5, 5.41) is 10.4. The van der Waals surface area contributed by atoms with Crippen LogP contribution in [0.5, 0.6) is 0 Å². The Kier molecular flexibility index (Phi) is 23.1. The molecule has 0 saturated carbocycles. The van der Waals surface area contributed by atoms with Gasteiger partial charge in [0.2, 0.25) is 0 Å². The fraction of sp³-hybridized carbons (Fsp3) is 0. The molecule has 0 saturated heterocycles. The number of benzene rings is 20. The maximum Gasteiger partial charge on any atom is 0.160 e. The van der Waals surface area contributed by atoms with Crippen molar-refractivity contribution < 1.29 is 0 Å². The monoisotopic (exact) mass is 1880 g/mol. The lowest BCUT2D eigenvalue weighted by Gasteiger charge is -2.14. The van der Waals surface area contributed by atoms with Crippen molar-refractivity contribution in [2.75, 3.05) is 0 Å². The van der Waals surface area contributed by atoms with Crippen LogP contribution in [-0.2, 0) is 0 Å². The van der Waals surface area contributed by atoms with Crippen molar-refractivity contribution in [3.63, 3.8) is 0 Å². The topological polar surface area (TPSA) is 77.3 Å². The number of thiophene rings is 4. The van der Waals surface area contributed by atoms with E-state index in [1.165, 1.54) is 147 Å². The molecular weight excluding hydrogens is 1800 g/mol. The lowest BCUT2D eigenvalue weighted by molar-refractivity contribution is 1.18. The smallest absolute Gasteiger partial charge is 0.160 e. The van der Waals surface area contributed by atoms with Crippen molar-refractivity contribution in [1.29, 1.82) is 0 Å². The molecule has 0 aliphatic rings. The first-order valence-corrected chi connectivity index (χ1v) is 50.9. The lowest BCUT2D eigenvalue weighted by atomic mass is 9.93. The maximum absolute atomic E-state index is 5.29. The Labute approximate surface area is 838 Å². The SMILES string of the molecule is c1ccc(-c2ccc(-c3cc(-c4cc(-c5ccc6sc7ccccc7c6c5)cc(-c5ccc6sc7ccccc7c6c5)c4)nc(-c4ccccc4)n3)cc2)cc1.c1ccc(-c2ccc(-c3cc(-c4ccc(-c5ccc6sc7ccccc7c6c5)cc4)nc(-c4ccccc4)n3)cc2)cc1.c1ccc(-c2ccc(-c3cc(-c4ccc(-c5cccc6c5sc5ccccc56)cc4)nc(-c4ccccc4)n3)cc2)cc1. The summed E-state index contributed by atoms with van der Waals surface area (Å²) in [7, 11) is 0. The van der Waals surface area contributed by atoms with Gasteiger partial charge < -0.3 is 0 Å². The molecule has 0 aliphatic carbocycles. The number of aromatic nitrogens is 6. The van der Waals surface area contributed by atoms with Crippen LogP contribution in [0.3, 0.4) is 0 Å². The minimum Gasteiger partial charge on any atom is -0.228 e. The van der Waals surface area contributed by atoms with Crippen LogP contribution < -0.4 is 0 Å².